The molecule has 0 nitrogen and oxygen atoms in total. The Balaban J connectivity index is 2.03. The molecule has 1 aromatic rings. The highest BCUT2D eigenvalue weighted by atomic mass is 32.1. The third-order valence-electron chi connectivity index (χ3n) is 2.11. The van der Waals surface area contributed by atoms with Gasteiger partial charge < -0.3 is 0 Å². The zero-order chi connectivity index (χ0) is 8.23. The second kappa shape index (κ2) is 3.72. The van der Waals surface area contributed by atoms with Crippen LogP contribution >= 0.6 is 11.3 Å². The lowest BCUT2D eigenvalue weighted by atomic mass is 9.99. The van der Waals surface area contributed by atoms with E-state index in [1.54, 1.807) is 16.9 Å². The average Bonchev–Trinajstić information content (AvgIpc) is 2.59. The van der Waals surface area contributed by atoms with Crippen molar-refractivity contribution in [3.8, 4) is 0 Å². The summed E-state index contributed by atoms with van der Waals surface area (Å²) in [5, 5.41) is 4.38. The lowest BCUT2D eigenvalue weighted by molar-refractivity contribution is 0.913. The molecule has 1 heterocycles. The van der Waals surface area contributed by atoms with Crippen LogP contribution < -0.4 is 0 Å². The molecule has 0 bridgehead atoms. The molecule has 1 aliphatic carbocycles. The minimum Gasteiger partial charge on any atom is -0.152 e. The molecule has 0 spiro atoms. The molecule has 0 aliphatic heterocycles. The van der Waals surface area contributed by atoms with Crippen molar-refractivity contribution in [2.45, 2.75) is 19.3 Å². The minimum absolute atomic E-state index is 1.15. The molecular formula is C11H12S. The maximum atomic E-state index is 2.25. The molecule has 0 unspecified atom stereocenters. The second-order valence-electron chi connectivity index (χ2n) is 3.10. The first-order valence-electron chi connectivity index (χ1n) is 4.31. The van der Waals surface area contributed by atoms with Gasteiger partial charge in [-0.1, -0.05) is 23.8 Å². The van der Waals surface area contributed by atoms with Crippen molar-refractivity contribution in [1.29, 1.82) is 0 Å². The Bertz CT molecular complexity index is 291. The number of thiophene rings is 1. The van der Waals surface area contributed by atoms with Crippen LogP contribution in [-0.2, 0) is 6.42 Å². The average molecular weight is 176 g/mol. The summed E-state index contributed by atoms with van der Waals surface area (Å²) in [5.41, 5.74) is 3.03. The van der Waals surface area contributed by atoms with Gasteiger partial charge in [0.25, 0.3) is 0 Å². The van der Waals surface area contributed by atoms with Crippen molar-refractivity contribution in [1.82, 2.24) is 0 Å². The molecule has 0 atom stereocenters. The molecule has 0 radical (unpaired) electrons. The third kappa shape index (κ3) is 1.86. The Hall–Kier alpha value is -0.820. The van der Waals surface area contributed by atoms with Crippen LogP contribution in [0.2, 0.25) is 0 Å². The topological polar surface area (TPSA) is 0 Å². The Morgan fingerprint density at radius 1 is 1.42 bits per heavy atom. The van der Waals surface area contributed by atoms with Crippen LogP contribution in [0, 0.1) is 0 Å². The van der Waals surface area contributed by atoms with Gasteiger partial charge in [-0.3, -0.25) is 0 Å². The van der Waals surface area contributed by atoms with Crippen LogP contribution in [0.25, 0.3) is 0 Å². The molecule has 0 saturated carbocycles. The smallest absolute Gasteiger partial charge is 0.00556 e. The van der Waals surface area contributed by atoms with Gasteiger partial charge in [0.1, 0.15) is 0 Å². The summed E-state index contributed by atoms with van der Waals surface area (Å²) in [6.45, 7) is 0. The van der Waals surface area contributed by atoms with Gasteiger partial charge >= 0.3 is 0 Å². The fourth-order valence-electron chi connectivity index (χ4n) is 1.46. The summed E-state index contributed by atoms with van der Waals surface area (Å²) in [6, 6.07) is 2.21. The zero-order valence-electron chi connectivity index (χ0n) is 6.99. The maximum absolute atomic E-state index is 2.25. The van der Waals surface area contributed by atoms with Gasteiger partial charge in [-0.2, -0.15) is 11.3 Å². The number of rotatable bonds is 2. The molecule has 0 N–H and O–H groups in total. The van der Waals surface area contributed by atoms with Gasteiger partial charge in [0.2, 0.25) is 0 Å². The summed E-state index contributed by atoms with van der Waals surface area (Å²) in [7, 11) is 0. The van der Waals surface area contributed by atoms with E-state index in [0.717, 1.165) is 6.42 Å². The van der Waals surface area contributed by atoms with Crippen molar-refractivity contribution in [3.05, 3.63) is 46.2 Å². The number of hydrogen-bond acceptors (Lipinski definition) is 1. The van der Waals surface area contributed by atoms with Crippen molar-refractivity contribution < 1.29 is 0 Å². The van der Waals surface area contributed by atoms with Crippen molar-refractivity contribution >= 4 is 11.3 Å². The highest BCUT2D eigenvalue weighted by Crippen LogP contribution is 2.18. The Morgan fingerprint density at radius 3 is 3.08 bits per heavy atom. The Morgan fingerprint density at radius 2 is 2.42 bits per heavy atom. The molecule has 12 heavy (non-hydrogen) atoms. The highest BCUT2D eigenvalue weighted by Gasteiger charge is 2.00. The molecule has 0 aromatic carbocycles. The van der Waals surface area contributed by atoms with E-state index in [1.165, 1.54) is 18.4 Å². The van der Waals surface area contributed by atoms with Gasteiger partial charge in [0.05, 0.1) is 0 Å². The zero-order valence-corrected chi connectivity index (χ0v) is 7.81. The van der Waals surface area contributed by atoms with E-state index in [9.17, 15) is 0 Å². The van der Waals surface area contributed by atoms with Crippen LogP contribution in [0.1, 0.15) is 18.4 Å². The fourth-order valence-corrected chi connectivity index (χ4v) is 2.12. The molecular weight excluding hydrogens is 164 g/mol. The van der Waals surface area contributed by atoms with Crippen LogP contribution in [0.3, 0.4) is 0 Å². The quantitative estimate of drug-likeness (QED) is 0.646. The Labute approximate surface area is 77.2 Å². The summed E-state index contributed by atoms with van der Waals surface area (Å²) < 4.78 is 0. The maximum Gasteiger partial charge on any atom is -0.00556 e. The van der Waals surface area contributed by atoms with Crippen LogP contribution in [0.15, 0.2) is 40.6 Å². The van der Waals surface area contributed by atoms with E-state index in [4.69, 9.17) is 0 Å². The van der Waals surface area contributed by atoms with E-state index in [0.29, 0.717) is 0 Å². The van der Waals surface area contributed by atoms with E-state index in [2.05, 4.69) is 35.1 Å². The van der Waals surface area contributed by atoms with E-state index >= 15 is 0 Å². The van der Waals surface area contributed by atoms with E-state index in [1.807, 2.05) is 0 Å². The summed E-state index contributed by atoms with van der Waals surface area (Å²) in [5.74, 6) is 0. The van der Waals surface area contributed by atoms with Crippen molar-refractivity contribution in [3.63, 3.8) is 0 Å². The molecule has 1 heteroatoms. The van der Waals surface area contributed by atoms with Gasteiger partial charge in [-0.05, 0) is 41.7 Å². The summed E-state index contributed by atoms with van der Waals surface area (Å²) >= 11 is 1.78. The number of hydrogen-bond donors (Lipinski definition) is 0. The van der Waals surface area contributed by atoms with Gasteiger partial charge in [0, 0.05) is 0 Å². The number of allylic oxidation sites excluding steroid dienone is 4. The lowest BCUT2D eigenvalue weighted by Gasteiger charge is -2.06. The predicted molar refractivity (Wildman–Crippen MR) is 54.5 cm³/mol. The van der Waals surface area contributed by atoms with Crippen LogP contribution in [0.5, 0.6) is 0 Å². The van der Waals surface area contributed by atoms with E-state index < -0.39 is 0 Å². The van der Waals surface area contributed by atoms with Gasteiger partial charge in [0.15, 0.2) is 0 Å². The van der Waals surface area contributed by atoms with Crippen LogP contribution in [0.4, 0.5) is 0 Å². The minimum atomic E-state index is 1.15. The monoisotopic (exact) mass is 176 g/mol. The predicted octanol–water partition coefficient (Wildman–Crippen LogP) is 3.57. The third-order valence-corrected chi connectivity index (χ3v) is 2.84. The lowest BCUT2D eigenvalue weighted by Crippen LogP contribution is -1.91. The van der Waals surface area contributed by atoms with Crippen molar-refractivity contribution in [2.24, 2.45) is 0 Å². The second-order valence-corrected chi connectivity index (χ2v) is 3.88. The molecule has 0 amide bonds. The first-order chi connectivity index (χ1) is 5.95. The first-order valence-corrected chi connectivity index (χ1v) is 5.25. The first kappa shape index (κ1) is 7.81. The summed E-state index contributed by atoms with van der Waals surface area (Å²) in [4.78, 5) is 0. The fraction of sp³-hybridized carbons (Fsp3) is 0.273. The Kier molecular flexibility index (Phi) is 2.42. The summed E-state index contributed by atoms with van der Waals surface area (Å²) in [6.07, 6.45) is 10.3. The molecule has 1 aromatic heterocycles. The molecule has 1 aliphatic rings. The molecule has 0 fully saturated rings. The highest BCUT2D eigenvalue weighted by molar-refractivity contribution is 7.07. The molecule has 62 valence electrons. The van der Waals surface area contributed by atoms with Crippen LogP contribution in [-0.4, -0.2) is 0 Å². The van der Waals surface area contributed by atoms with Crippen molar-refractivity contribution in [2.75, 3.05) is 0 Å². The van der Waals surface area contributed by atoms with E-state index in [-0.39, 0.29) is 0 Å². The van der Waals surface area contributed by atoms with Gasteiger partial charge in [-0.15, -0.1) is 0 Å². The SMILES string of the molecule is C1=CCCC(Cc2ccsc2)=C1. The van der Waals surface area contributed by atoms with Gasteiger partial charge in [-0.25, -0.2) is 0 Å². The molecule has 2 rings (SSSR count). The standard InChI is InChI=1S/C11H12S/c1-2-4-10(5-3-1)8-11-6-7-12-9-11/h1-2,4,6-7,9H,3,5,8H2. The normalized spacial score (nSPS) is 16.2. The molecule has 0 saturated heterocycles. The largest absolute Gasteiger partial charge is 0.152 e.